The molecular weight excluding hydrogens is 534 g/mol. The van der Waals surface area contributed by atoms with Gasteiger partial charge in [-0.15, -0.1) is 0 Å². The van der Waals surface area contributed by atoms with Crippen LogP contribution >= 0.6 is 0 Å². The molecule has 0 radical (unpaired) electrons. The number of carbonyl (C=O) groups is 2. The lowest BCUT2D eigenvalue weighted by molar-refractivity contribution is -0.149. The first-order valence-corrected chi connectivity index (χ1v) is 19.0. The van der Waals surface area contributed by atoms with Gasteiger partial charge in [0.25, 0.3) is 0 Å². The number of hydrogen-bond acceptors (Lipinski definition) is 5. The van der Waals surface area contributed by atoms with Crippen molar-refractivity contribution in [2.24, 2.45) is 5.92 Å². The molecule has 0 fully saturated rings. The minimum Gasteiger partial charge on any atom is -0.465 e. The van der Waals surface area contributed by atoms with Crippen molar-refractivity contribution in [3.8, 4) is 0 Å². The molecule has 0 amide bonds. The smallest absolute Gasteiger partial charge is 0.308 e. The van der Waals surface area contributed by atoms with Crippen molar-refractivity contribution in [3.05, 3.63) is 0 Å². The molecule has 0 bridgehead atoms. The second-order valence-corrected chi connectivity index (χ2v) is 12.8. The van der Waals surface area contributed by atoms with Gasteiger partial charge in [-0.1, -0.05) is 130 Å². The van der Waals surface area contributed by atoms with Gasteiger partial charge in [-0.25, -0.2) is 0 Å². The lowest BCUT2D eigenvalue weighted by atomic mass is 10.00. The quantitative estimate of drug-likeness (QED) is 0.0605. The number of aliphatic hydroxyl groups is 1. The van der Waals surface area contributed by atoms with Gasteiger partial charge >= 0.3 is 5.97 Å². The fraction of sp³-hybridized carbons (Fsp3) is 0.947. The van der Waals surface area contributed by atoms with Crippen molar-refractivity contribution in [2.45, 2.75) is 195 Å². The van der Waals surface area contributed by atoms with Gasteiger partial charge in [-0.3, -0.25) is 4.79 Å². The van der Waals surface area contributed by atoms with E-state index in [1.165, 1.54) is 116 Å². The maximum atomic E-state index is 12.1. The summed E-state index contributed by atoms with van der Waals surface area (Å²) in [7, 11) is 0. The summed E-state index contributed by atoms with van der Waals surface area (Å²) in [6.45, 7) is 14.8. The second kappa shape index (κ2) is 37.2. The Morgan fingerprint density at radius 1 is 0.581 bits per heavy atom. The monoisotopic (exact) mass is 612 g/mol. The van der Waals surface area contributed by atoms with Crippen molar-refractivity contribution in [1.29, 1.82) is 0 Å². The summed E-state index contributed by atoms with van der Waals surface area (Å²) in [5, 5.41) is 9.12. The van der Waals surface area contributed by atoms with Gasteiger partial charge < -0.3 is 19.5 Å². The molecule has 0 heterocycles. The Balaban J connectivity index is 0. The van der Waals surface area contributed by atoms with E-state index in [4.69, 9.17) is 9.84 Å². The first-order valence-electron chi connectivity index (χ1n) is 19.0. The number of rotatable bonds is 32. The van der Waals surface area contributed by atoms with E-state index in [0.29, 0.717) is 19.0 Å². The van der Waals surface area contributed by atoms with Gasteiger partial charge in [0.15, 0.2) is 0 Å². The predicted molar refractivity (Wildman–Crippen MR) is 187 cm³/mol. The van der Waals surface area contributed by atoms with Crippen LogP contribution < -0.4 is 0 Å². The molecule has 0 aromatic carbocycles. The number of ketones is 1. The minimum atomic E-state index is 0.0245. The Bertz CT molecular complexity index is 568. The molecule has 0 aliphatic heterocycles. The van der Waals surface area contributed by atoms with Crippen LogP contribution in [0.4, 0.5) is 0 Å². The maximum absolute atomic E-state index is 12.1. The van der Waals surface area contributed by atoms with E-state index in [0.717, 1.165) is 64.3 Å². The lowest BCUT2D eigenvalue weighted by Gasteiger charge is -2.22. The van der Waals surface area contributed by atoms with E-state index in [1.54, 1.807) is 6.92 Å². The normalized spacial score (nSPS) is 11.8. The Morgan fingerprint density at radius 3 is 1.49 bits per heavy atom. The molecule has 0 aliphatic carbocycles. The zero-order chi connectivity index (χ0) is 32.2. The Hall–Kier alpha value is -0.940. The van der Waals surface area contributed by atoms with E-state index in [2.05, 4.69) is 32.6 Å². The van der Waals surface area contributed by atoms with Crippen molar-refractivity contribution < 1.29 is 19.4 Å². The molecule has 0 aromatic heterocycles. The number of ether oxygens (including phenoxy) is 1. The molecule has 0 rings (SSSR count). The molecule has 1 atom stereocenters. The van der Waals surface area contributed by atoms with Crippen molar-refractivity contribution in [2.75, 3.05) is 32.8 Å². The molecule has 0 aromatic rings. The minimum absolute atomic E-state index is 0.0245. The first kappa shape index (κ1) is 44.2. The first-order chi connectivity index (χ1) is 21.0. The van der Waals surface area contributed by atoms with Crippen molar-refractivity contribution in [1.82, 2.24) is 4.90 Å². The summed E-state index contributed by atoms with van der Waals surface area (Å²) in [5.41, 5.74) is 0. The van der Waals surface area contributed by atoms with E-state index in [1.807, 2.05) is 0 Å². The highest BCUT2D eigenvalue weighted by Crippen LogP contribution is 2.15. The molecule has 5 nitrogen and oxygen atoms in total. The molecule has 0 spiro atoms. The third kappa shape index (κ3) is 35.4. The molecule has 1 N–H and O–H groups in total. The Labute approximate surface area is 269 Å². The number of esters is 1. The van der Waals surface area contributed by atoms with Crippen LogP contribution in [-0.4, -0.2) is 54.6 Å². The van der Waals surface area contributed by atoms with Gasteiger partial charge in [0, 0.05) is 13.0 Å². The van der Waals surface area contributed by atoms with Crippen LogP contribution in [-0.2, 0) is 14.3 Å². The van der Waals surface area contributed by atoms with Crippen LogP contribution in [0, 0.1) is 5.92 Å². The van der Waals surface area contributed by atoms with Crippen molar-refractivity contribution in [3.63, 3.8) is 0 Å². The molecule has 1 unspecified atom stereocenters. The summed E-state index contributed by atoms with van der Waals surface area (Å²) in [6, 6.07) is 0. The zero-order valence-electron chi connectivity index (χ0n) is 29.9. The summed E-state index contributed by atoms with van der Waals surface area (Å²) >= 11 is 0. The number of carbonyl (C=O) groups excluding carboxylic acids is 2. The summed E-state index contributed by atoms with van der Waals surface area (Å²) in [6.07, 6.45) is 30.1. The van der Waals surface area contributed by atoms with Crippen LogP contribution in [0.3, 0.4) is 0 Å². The molecule has 0 aliphatic rings. The summed E-state index contributed by atoms with van der Waals surface area (Å²) in [5.74, 6) is 0.448. The molecule has 43 heavy (non-hydrogen) atoms. The summed E-state index contributed by atoms with van der Waals surface area (Å²) < 4.78 is 5.51. The lowest BCUT2D eigenvalue weighted by Crippen LogP contribution is -2.27. The number of aliphatic hydroxyl groups excluding tert-OH is 1. The number of nitrogens with zero attached hydrogens (tertiary/aromatic N) is 1. The summed E-state index contributed by atoms with van der Waals surface area (Å²) in [4.78, 5) is 25.1. The maximum Gasteiger partial charge on any atom is 0.308 e. The van der Waals surface area contributed by atoms with Gasteiger partial charge in [0.05, 0.1) is 12.5 Å². The van der Waals surface area contributed by atoms with Gasteiger partial charge in [-0.05, 0) is 77.9 Å². The number of hydrogen-bond donors (Lipinski definition) is 1. The largest absolute Gasteiger partial charge is 0.465 e. The predicted octanol–water partition coefficient (Wildman–Crippen LogP) is 10.8. The third-order valence-electron chi connectivity index (χ3n) is 8.44. The molecule has 0 saturated carbocycles. The van der Waals surface area contributed by atoms with E-state index >= 15 is 0 Å². The Morgan fingerprint density at radius 2 is 1.02 bits per heavy atom. The van der Waals surface area contributed by atoms with Crippen LogP contribution in [0.25, 0.3) is 0 Å². The topological polar surface area (TPSA) is 66.8 Å². The van der Waals surface area contributed by atoms with E-state index < -0.39 is 0 Å². The fourth-order valence-electron chi connectivity index (χ4n) is 5.43. The van der Waals surface area contributed by atoms with Crippen LogP contribution in [0.15, 0.2) is 0 Å². The zero-order valence-corrected chi connectivity index (χ0v) is 29.9. The second-order valence-electron chi connectivity index (χ2n) is 12.8. The average Bonchev–Trinajstić information content (AvgIpc) is 2.99. The standard InChI is InChI=1S/C31H63NO3.C7H14O/c1-4-7-9-10-11-13-16-19-25-32(27-21-22-28-33)26-20-17-14-12-15-18-23-29-35-31(34)30(6-3)24-8-5-2;1-3-4-5-6-7(2)8/h30,33H,4-29H2,1-3H3;3-6H2,1-2H3. The Kier molecular flexibility index (Phi) is 38.3. The average molecular weight is 612 g/mol. The van der Waals surface area contributed by atoms with Crippen LogP contribution in [0.1, 0.15) is 195 Å². The number of Topliss-reactive ketones (excluding diaryl/α,β-unsaturated/α-hetero) is 1. The van der Waals surface area contributed by atoms with Gasteiger partial charge in [-0.2, -0.15) is 0 Å². The fourth-order valence-corrected chi connectivity index (χ4v) is 5.43. The van der Waals surface area contributed by atoms with Crippen molar-refractivity contribution >= 4 is 11.8 Å². The highest BCUT2D eigenvalue weighted by atomic mass is 16.5. The van der Waals surface area contributed by atoms with E-state index in [9.17, 15) is 9.59 Å². The molecule has 0 saturated heterocycles. The third-order valence-corrected chi connectivity index (χ3v) is 8.44. The van der Waals surface area contributed by atoms with Gasteiger partial charge in [0.2, 0.25) is 0 Å². The SMILES string of the molecule is CCCCCC(C)=O.CCCCCCCCCCN(CCCCO)CCCCCCCCCOC(=O)C(CC)CCCC. The van der Waals surface area contributed by atoms with Gasteiger partial charge in [0.1, 0.15) is 5.78 Å². The highest BCUT2D eigenvalue weighted by molar-refractivity contribution is 5.75. The molecular formula is C38H77NO4. The van der Waals surface area contributed by atoms with E-state index in [-0.39, 0.29) is 11.9 Å². The van der Waals surface area contributed by atoms with Crippen LogP contribution in [0.2, 0.25) is 0 Å². The molecule has 5 heteroatoms. The number of unbranched alkanes of at least 4 members (excludes halogenated alkanes) is 17. The molecule has 258 valence electrons. The highest BCUT2D eigenvalue weighted by Gasteiger charge is 2.16. The van der Waals surface area contributed by atoms with Crippen LogP contribution in [0.5, 0.6) is 0 Å².